The van der Waals surface area contributed by atoms with Gasteiger partial charge in [-0.05, 0) is 42.2 Å². The van der Waals surface area contributed by atoms with Crippen LogP contribution in [0.1, 0.15) is 16.0 Å². The van der Waals surface area contributed by atoms with Gasteiger partial charge in [-0.15, -0.1) is 0 Å². The van der Waals surface area contributed by atoms with Gasteiger partial charge in [0.15, 0.2) is 0 Å². The van der Waals surface area contributed by atoms with Gasteiger partial charge in [-0.2, -0.15) is 13.2 Å². The van der Waals surface area contributed by atoms with Gasteiger partial charge in [-0.1, -0.05) is 11.6 Å². The molecule has 0 bridgehead atoms. The summed E-state index contributed by atoms with van der Waals surface area (Å²) in [5, 5.41) is 4.13. The van der Waals surface area contributed by atoms with Crippen LogP contribution in [0.3, 0.4) is 0 Å². The monoisotopic (exact) mass is 492 g/mol. The highest BCUT2D eigenvalue weighted by Gasteiger charge is 2.38. The fraction of sp³-hybridized carbons (Fsp3) is 0.190. The second-order valence-electron chi connectivity index (χ2n) is 7.40. The molecule has 0 amide bonds. The Hall–Kier alpha value is -3.31. The summed E-state index contributed by atoms with van der Waals surface area (Å²) in [4.78, 5) is 11.4. The average Bonchev–Trinajstić information content (AvgIpc) is 3.19. The van der Waals surface area contributed by atoms with Crippen molar-refractivity contribution >= 4 is 34.8 Å². The molecule has 2 aliphatic heterocycles. The molecule has 5 rings (SSSR count). The van der Waals surface area contributed by atoms with Gasteiger partial charge in [0.25, 0.3) is 0 Å². The van der Waals surface area contributed by atoms with E-state index in [0.717, 1.165) is 4.88 Å². The van der Waals surface area contributed by atoms with Gasteiger partial charge in [0.2, 0.25) is 0 Å². The van der Waals surface area contributed by atoms with Crippen molar-refractivity contribution < 1.29 is 17.9 Å². The molecule has 0 fully saturated rings. The lowest BCUT2D eigenvalue weighted by atomic mass is 9.99. The molecule has 12 heteroatoms. The van der Waals surface area contributed by atoms with Crippen molar-refractivity contribution in [3.05, 3.63) is 68.5 Å². The molecule has 0 saturated carbocycles. The topological polar surface area (TPSA) is 88.7 Å². The number of alkyl halides is 3. The van der Waals surface area contributed by atoms with Gasteiger partial charge < -0.3 is 20.7 Å². The number of halogens is 4. The fourth-order valence-electron chi connectivity index (χ4n) is 3.92. The smallest absolute Gasteiger partial charge is 0.418 e. The van der Waals surface area contributed by atoms with E-state index < -0.39 is 11.7 Å². The van der Waals surface area contributed by atoms with E-state index in [0.29, 0.717) is 28.7 Å². The maximum Gasteiger partial charge on any atom is 0.418 e. The van der Waals surface area contributed by atoms with Crippen LogP contribution in [0.5, 0.6) is 5.75 Å². The molecule has 2 aromatic heterocycles. The minimum atomic E-state index is -4.66. The zero-order valence-corrected chi connectivity index (χ0v) is 18.6. The predicted molar refractivity (Wildman–Crippen MR) is 118 cm³/mol. The van der Waals surface area contributed by atoms with E-state index in [9.17, 15) is 13.2 Å². The summed E-state index contributed by atoms with van der Waals surface area (Å²) in [6.07, 6.45) is 0.252. The van der Waals surface area contributed by atoms with Crippen LogP contribution in [0, 0.1) is 6.92 Å². The van der Waals surface area contributed by atoms with Gasteiger partial charge in [0.05, 0.1) is 33.4 Å². The largest absolute Gasteiger partial charge is 0.463 e. The molecule has 170 valence electrons. The number of hydrogen-bond acceptors (Lipinski definition) is 8. The molecule has 0 saturated heterocycles. The standard InChI is InChI=1S/C21H16ClF3N6OS/c1-10-6-14(26)30-18(16(10)21(23,24)25)12-7-13-15-19(17(12)22)27-9-28-20(15)31(4-5-32-13)8-11-2-3-29-33-11/h2-7,28H,8-9H2,1H3,(H2,26,30). The van der Waals surface area contributed by atoms with Crippen molar-refractivity contribution in [2.45, 2.75) is 19.6 Å². The molecule has 33 heavy (non-hydrogen) atoms. The van der Waals surface area contributed by atoms with Crippen LogP contribution >= 0.6 is 23.1 Å². The Labute approximate surface area is 194 Å². The van der Waals surface area contributed by atoms with Crippen molar-refractivity contribution in [3.8, 4) is 17.0 Å². The minimum Gasteiger partial charge on any atom is -0.463 e. The van der Waals surface area contributed by atoms with Crippen LogP contribution < -0.4 is 26.4 Å². The van der Waals surface area contributed by atoms with E-state index in [1.807, 2.05) is 11.0 Å². The number of aryl methyl sites for hydroxylation is 1. The highest BCUT2D eigenvalue weighted by atomic mass is 35.5. The Morgan fingerprint density at radius 1 is 1.33 bits per heavy atom. The Morgan fingerprint density at radius 2 is 2.15 bits per heavy atom. The lowest BCUT2D eigenvalue weighted by molar-refractivity contribution is -0.137. The molecule has 0 unspecified atom stereocenters. The number of nitrogen functional groups attached to an aromatic ring is 1. The van der Waals surface area contributed by atoms with Crippen LogP contribution in [0.25, 0.3) is 17.1 Å². The summed E-state index contributed by atoms with van der Waals surface area (Å²) in [7, 11) is 0. The number of rotatable bonds is 3. The first-order valence-electron chi connectivity index (χ1n) is 9.73. The first-order valence-corrected chi connectivity index (χ1v) is 10.9. The highest BCUT2D eigenvalue weighted by Crippen LogP contribution is 2.41. The van der Waals surface area contributed by atoms with Gasteiger partial charge in [0, 0.05) is 22.8 Å². The van der Waals surface area contributed by atoms with Gasteiger partial charge in [-0.25, -0.2) is 9.36 Å². The van der Waals surface area contributed by atoms with Gasteiger partial charge in [-0.3, -0.25) is 4.99 Å². The molecule has 3 aromatic rings. The Morgan fingerprint density at radius 3 is 2.88 bits per heavy atom. The first kappa shape index (κ1) is 21.5. The van der Waals surface area contributed by atoms with E-state index >= 15 is 0 Å². The van der Waals surface area contributed by atoms with Crippen LogP contribution in [-0.4, -0.2) is 20.9 Å². The van der Waals surface area contributed by atoms with Crippen LogP contribution in [-0.2, 0) is 12.7 Å². The van der Waals surface area contributed by atoms with E-state index in [2.05, 4.69) is 19.7 Å². The number of nitrogens with zero attached hydrogens (tertiary/aromatic N) is 4. The number of anilines is 1. The quantitative estimate of drug-likeness (QED) is 0.583. The van der Waals surface area contributed by atoms with Crippen molar-refractivity contribution in [3.63, 3.8) is 0 Å². The maximum atomic E-state index is 13.9. The number of ether oxygens (including phenoxy) is 1. The molecular formula is C21H16ClF3N6OS. The van der Waals surface area contributed by atoms with E-state index in [4.69, 9.17) is 22.1 Å². The van der Waals surface area contributed by atoms with Crippen molar-refractivity contribution in [2.75, 3.05) is 12.4 Å². The number of aromatic nitrogens is 2. The summed E-state index contributed by atoms with van der Waals surface area (Å²) >= 11 is 8.03. The zero-order valence-electron chi connectivity index (χ0n) is 17.1. The third-order valence-corrected chi connectivity index (χ3v) is 6.35. The number of hydrogen-bond donors (Lipinski definition) is 2. The summed E-state index contributed by atoms with van der Waals surface area (Å²) < 4.78 is 51.7. The first-order chi connectivity index (χ1) is 15.7. The van der Waals surface area contributed by atoms with Crippen LogP contribution in [0.15, 0.2) is 41.9 Å². The second-order valence-corrected chi connectivity index (χ2v) is 8.69. The molecule has 0 radical (unpaired) electrons. The van der Waals surface area contributed by atoms with E-state index in [-0.39, 0.29) is 34.3 Å². The number of nitrogens with two attached hydrogens (primary N) is 1. The lowest BCUT2D eigenvalue weighted by Crippen LogP contribution is -2.43. The van der Waals surface area contributed by atoms with Crippen molar-refractivity contribution in [1.29, 1.82) is 0 Å². The Kier molecular flexibility index (Phi) is 5.17. The Bertz CT molecular complexity index is 1410. The third kappa shape index (κ3) is 3.76. The summed E-state index contributed by atoms with van der Waals surface area (Å²) in [5.41, 5.74) is 4.52. The Balaban J connectivity index is 1.77. The van der Waals surface area contributed by atoms with Crippen molar-refractivity contribution in [1.82, 2.24) is 19.6 Å². The van der Waals surface area contributed by atoms with Gasteiger partial charge >= 0.3 is 6.18 Å². The second kappa shape index (κ2) is 7.92. The normalized spacial score (nSPS) is 14.8. The zero-order chi connectivity index (χ0) is 23.3. The predicted octanol–water partition coefficient (Wildman–Crippen LogP) is 3.38. The summed E-state index contributed by atoms with van der Waals surface area (Å²) in [5.74, 6) is 0.935. The minimum absolute atomic E-state index is 0.0407. The number of nitrogens with one attached hydrogen (secondary N) is 1. The maximum absolute atomic E-state index is 13.9. The summed E-state index contributed by atoms with van der Waals surface area (Å²) in [6, 6.07) is 4.54. The average molecular weight is 493 g/mol. The lowest BCUT2D eigenvalue weighted by Gasteiger charge is -2.25. The van der Waals surface area contributed by atoms with Crippen LogP contribution in [0.2, 0.25) is 5.02 Å². The summed E-state index contributed by atoms with van der Waals surface area (Å²) in [6.45, 7) is 2.04. The number of pyridine rings is 1. The SMILES string of the molecule is Cc1cc(N)nc(-c2cc3c4c(c2Cl)=NCNC=4N(Cc2ccns2)C=CO3)c1C(F)(F)F. The molecule has 4 heterocycles. The molecular weight excluding hydrogens is 477 g/mol. The van der Waals surface area contributed by atoms with Crippen molar-refractivity contribution in [2.24, 2.45) is 4.99 Å². The highest BCUT2D eigenvalue weighted by molar-refractivity contribution is 7.05. The number of benzene rings is 1. The molecule has 0 atom stereocenters. The molecule has 0 spiro atoms. The van der Waals surface area contributed by atoms with E-state index in [1.165, 1.54) is 36.9 Å². The van der Waals surface area contributed by atoms with Crippen LogP contribution in [0.4, 0.5) is 19.0 Å². The molecule has 7 nitrogen and oxygen atoms in total. The molecule has 0 aliphatic carbocycles. The fourth-order valence-corrected chi connectivity index (χ4v) is 4.79. The molecule has 1 aromatic carbocycles. The third-order valence-electron chi connectivity index (χ3n) is 5.24. The molecule has 2 aliphatic rings. The molecule has 3 N–H and O–H groups in total. The van der Waals surface area contributed by atoms with E-state index in [1.54, 1.807) is 12.4 Å². The van der Waals surface area contributed by atoms with Gasteiger partial charge in [0.1, 0.15) is 30.3 Å².